The van der Waals surface area contributed by atoms with Gasteiger partial charge in [0.1, 0.15) is 0 Å². The zero-order valence-corrected chi connectivity index (χ0v) is 21.5. The second kappa shape index (κ2) is 8.93. The number of nitrogens with zero attached hydrogens (tertiary/aromatic N) is 2. The Morgan fingerprint density at radius 3 is 2.50 bits per heavy atom. The minimum atomic E-state index is -0.243. The lowest BCUT2D eigenvalue weighted by atomic mass is 10.0. The van der Waals surface area contributed by atoms with Gasteiger partial charge in [-0.05, 0) is 90.3 Å². The van der Waals surface area contributed by atoms with Gasteiger partial charge in [0.05, 0.1) is 11.4 Å². The molecule has 3 aromatic carbocycles. The Morgan fingerprint density at radius 2 is 1.71 bits per heavy atom. The Bertz CT molecular complexity index is 1500. The van der Waals surface area contributed by atoms with Gasteiger partial charge in [0, 0.05) is 21.5 Å². The van der Waals surface area contributed by atoms with Crippen LogP contribution in [0.15, 0.2) is 76.1 Å². The van der Waals surface area contributed by atoms with Crippen molar-refractivity contribution in [2.24, 2.45) is 0 Å². The van der Waals surface area contributed by atoms with Gasteiger partial charge in [0.2, 0.25) is 0 Å². The smallest absolute Gasteiger partial charge is 0.293 e. The van der Waals surface area contributed by atoms with Gasteiger partial charge in [-0.2, -0.15) is 0 Å². The third-order valence-electron chi connectivity index (χ3n) is 6.24. The number of benzene rings is 3. The van der Waals surface area contributed by atoms with E-state index in [1.54, 1.807) is 0 Å². The van der Waals surface area contributed by atoms with Gasteiger partial charge in [-0.1, -0.05) is 58.4 Å². The first-order valence-corrected chi connectivity index (χ1v) is 12.6. The average molecular weight is 531 g/mol. The normalized spacial score (nSPS) is 15.2. The number of halogens is 1. The highest BCUT2D eigenvalue weighted by Gasteiger charge is 2.35. The fourth-order valence-corrected chi connectivity index (χ4v) is 5.55. The number of fused-ring (bicyclic) bond motifs is 1. The van der Waals surface area contributed by atoms with Crippen molar-refractivity contribution in [1.82, 2.24) is 9.47 Å². The van der Waals surface area contributed by atoms with E-state index < -0.39 is 0 Å². The van der Waals surface area contributed by atoms with Crippen LogP contribution < -0.4 is 0 Å². The zero-order chi connectivity index (χ0) is 24.0. The summed E-state index contributed by atoms with van der Waals surface area (Å²) in [5.74, 6) is -0.243. The number of amides is 2. The third kappa shape index (κ3) is 4.01. The molecule has 0 spiro atoms. The van der Waals surface area contributed by atoms with Crippen LogP contribution in [0.5, 0.6) is 0 Å². The van der Waals surface area contributed by atoms with Crippen LogP contribution in [-0.4, -0.2) is 20.6 Å². The van der Waals surface area contributed by atoms with Crippen molar-refractivity contribution in [3.05, 3.63) is 104 Å². The molecule has 6 heteroatoms. The van der Waals surface area contributed by atoms with Crippen LogP contribution in [0, 0.1) is 20.8 Å². The van der Waals surface area contributed by atoms with Gasteiger partial charge in [-0.15, -0.1) is 0 Å². The van der Waals surface area contributed by atoms with E-state index in [2.05, 4.69) is 45.6 Å². The van der Waals surface area contributed by atoms with Crippen LogP contribution in [0.2, 0.25) is 0 Å². The number of rotatable bonds is 4. The monoisotopic (exact) mass is 530 g/mol. The summed E-state index contributed by atoms with van der Waals surface area (Å²) in [5.41, 5.74) is 6.22. The fraction of sp³-hybridized carbons (Fsp3) is 0.143. The number of carbonyl (C=O) groups is 2. The number of thioether (sulfide) groups is 1. The van der Waals surface area contributed by atoms with E-state index in [1.807, 2.05) is 68.5 Å². The van der Waals surface area contributed by atoms with E-state index in [1.165, 1.54) is 4.90 Å². The third-order valence-corrected chi connectivity index (χ3v) is 8.04. The standard InChI is InChI=1S/C28H23BrN2O2S/c1-17-13-23(11-12-25(17)29)31-18(2)14-22(19(31)3)15-26-27(32)30(28(33)34-26)16-21-9-6-8-20-7-4-5-10-24(20)21/h4-15H,16H2,1-3H3/b26-15-. The molecule has 0 saturated carbocycles. The van der Waals surface area contributed by atoms with Gasteiger partial charge < -0.3 is 4.57 Å². The van der Waals surface area contributed by atoms with E-state index in [0.29, 0.717) is 4.91 Å². The molecular weight excluding hydrogens is 508 g/mol. The lowest BCUT2D eigenvalue weighted by molar-refractivity contribution is -0.123. The molecule has 1 aliphatic rings. The Hall–Kier alpha value is -3.09. The molecule has 1 fully saturated rings. The lowest BCUT2D eigenvalue weighted by Gasteiger charge is -2.14. The number of imide groups is 1. The molecule has 2 heterocycles. The van der Waals surface area contributed by atoms with Crippen molar-refractivity contribution in [1.29, 1.82) is 0 Å². The molecule has 0 atom stereocenters. The average Bonchev–Trinajstić information content (AvgIpc) is 3.25. The Kier molecular flexibility index (Phi) is 5.96. The first-order valence-electron chi connectivity index (χ1n) is 11.0. The Morgan fingerprint density at radius 1 is 0.941 bits per heavy atom. The van der Waals surface area contributed by atoms with Gasteiger partial charge in [-0.3, -0.25) is 14.5 Å². The summed E-state index contributed by atoms with van der Waals surface area (Å²) in [6.07, 6.45) is 1.85. The first kappa shape index (κ1) is 22.7. The van der Waals surface area contributed by atoms with Gasteiger partial charge in [0.15, 0.2) is 0 Å². The zero-order valence-electron chi connectivity index (χ0n) is 19.1. The molecule has 1 saturated heterocycles. The van der Waals surface area contributed by atoms with Crippen LogP contribution in [0.4, 0.5) is 4.79 Å². The maximum absolute atomic E-state index is 13.2. The lowest BCUT2D eigenvalue weighted by Crippen LogP contribution is -2.27. The van der Waals surface area contributed by atoms with Crippen molar-refractivity contribution in [3.63, 3.8) is 0 Å². The highest BCUT2D eigenvalue weighted by molar-refractivity contribution is 9.10. The van der Waals surface area contributed by atoms with Crippen molar-refractivity contribution in [2.75, 3.05) is 0 Å². The Labute approximate surface area is 211 Å². The summed E-state index contributed by atoms with van der Waals surface area (Å²) >= 11 is 4.57. The molecule has 0 N–H and O–H groups in total. The maximum atomic E-state index is 13.2. The molecule has 0 bridgehead atoms. The molecule has 2 amide bonds. The first-order chi connectivity index (χ1) is 16.3. The van der Waals surface area contributed by atoms with E-state index in [9.17, 15) is 9.59 Å². The molecule has 4 aromatic rings. The topological polar surface area (TPSA) is 42.3 Å². The summed E-state index contributed by atoms with van der Waals surface area (Å²) in [4.78, 5) is 27.8. The number of carbonyl (C=O) groups excluding carboxylic acids is 2. The Balaban J connectivity index is 1.46. The minimum Gasteiger partial charge on any atom is -0.318 e. The summed E-state index contributed by atoms with van der Waals surface area (Å²) < 4.78 is 3.24. The molecule has 0 radical (unpaired) electrons. The molecule has 0 aliphatic carbocycles. The second-order valence-corrected chi connectivity index (χ2v) is 10.3. The van der Waals surface area contributed by atoms with Crippen LogP contribution >= 0.6 is 27.7 Å². The largest absolute Gasteiger partial charge is 0.318 e. The molecule has 1 aromatic heterocycles. The van der Waals surface area contributed by atoms with E-state index in [4.69, 9.17) is 0 Å². The number of aromatic nitrogens is 1. The minimum absolute atomic E-state index is 0.235. The van der Waals surface area contributed by atoms with Crippen LogP contribution in [0.25, 0.3) is 22.5 Å². The highest BCUT2D eigenvalue weighted by Crippen LogP contribution is 2.35. The summed E-state index contributed by atoms with van der Waals surface area (Å²) in [6.45, 7) is 6.42. The van der Waals surface area contributed by atoms with Crippen molar-refractivity contribution >= 4 is 55.7 Å². The molecule has 34 heavy (non-hydrogen) atoms. The number of hydrogen-bond donors (Lipinski definition) is 0. The van der Waals surface area contributed by atoms with Crippen molar-refractivity contribution < 1.29 is 9.59 Å². The summed E-state index contributed by atoms with van der Waals surface area (Å²) in [6, 6.07) is 22.3. The quantitative estimate of drug-likeness (QED) is 0.255. The van der Waals surface area contributed by atoms with Crippen LogP contribution in [0.3, 0.4) is 0 Å². The van der Waals surface area contributed by atoms with Crippen LogP contribution in [0.1, 0.15) is 28.1 Å². The molecule has 170 valence electrons. The molecule has 0 unspecified atom stereocenters. The van der Waals surface area contributed by atoms with E-state index in [0.717, 1.165) is 60.8 Å². The summed E-state index contributed by atoms with van der Waals surface area (Å²) in [7, 11) is 0. The molecule has 5 rings (SSSR count). The van der Waals surface area contributed by atoms with Gasteiger partial charge >= 0.3 is 0 Å². The SMILES string of the molecule is Cc1cc(-n2c(C)cc(/C=C3\SC(=O)N(Cc4cccc5ccccc45)C3=O)c2C)ccc1Br. The van der Waals surface area contributed by atoms with Crippen molar-refractivity contribution in [2.45, 2.75) is 27.3 Å². The van der Waals surface area contributed by atoms with E-state index in [-0.39, 0.29) is 17.7 Å². The molecule has 4 nitrogen and oxygen atoms in total. The molecular formula is C28H23BrN2O2S. The number of aryl methyl sites for hydroxylation is 2. The molecule has 1 aliphatic heterocycles. The van der Waals surface area contributed by atoms with Crippen molar-refractivity contribution in [3.8, 4) is 5.69 Å². The predicted molar refractivity (Wildman–Crippen MR) is 143 cm³/mol. The highest BCUT2D eigenvalue weighted by atomic mass is 79.9. The maximum Gasteiger partial charge on any atom is 0.293 e. The summed E-state index contributed by atoms with van der Waals surface area (Å²) in [5, 5.41) is 1.92. The van der Waals surface area contributed by atoms with E-state index >= 15 is 0 Å². The van der Waals surface area contributed by atoms with Gasteiger partial charge in [0.25, 0.3) is 11.1 Å². The second-order valence-electron chi connectivity index (χ2n) is 8.50. The van der Waals surface area contributed by atoms with Gasteiger partial charge in [-0.25, -0.2) is 0 Å². The van der Waals surface area contributed by atoms with Crippen LogP contribution in [-0.2, 0) is 11.3 Å². The number of hydrogen-bond acceptors (Lipinski definition) is 3. The fourth-order valence-electron chi connectivity index (χ4n) is 4.48. The predicted octanol–water partition coefficient (Wildman–Crippen LogP) is 7.55.